The second-order valence-corrected chi connectivity index (χ2v) is 9.35. The van der Waals surface area contributed by atoms with Gasteiger partial charge in [-0.25, -0.2) is 0 Å². The molecule has 0 aliphatic carbocycles. The van der Waals surface area contributed by atoms with E-state index in [9.17, 15) is 51.1 Å². The molecule has 17 heteroatoms. The van der Waals surface area contributed by atoms with E-state index in [1.54, 1.807) is 0 Å². The van der Waals surface area contributed by atoms with Gasteiger partial charge in [-0.2, -0.15) is 0 Å². The molecule has 4 aliphatic rings. The highest BCUT2D eigenvalue weighted by Gasteiger charge is 2.51. The van der Waals surface area contributed by atoms with Gasteiger partial charge in [0, 0.05) is 0 Å². The van der Waals surface area contributed by atoms with Crippen molar-refractivity contribution in [2.45, 2.75) is 98.4 Å². The number of hydrogen-bond donors (Lipinski definition) is 10. The molecule has 10 N–H and O–H groups in total. The van der Waals surface area contributed by atoms with E-state index >= 15 is 0 Å². The number of aliphatic hydroxyl groups is 10. The van der Waals surface area contributed by atoms with E-state index in [1.807, 2.05) is 0 Å². The molecule has 0 aromatic rings. The van der Waals surface area contributed by atoms with E-state index in [-0.39, 0.29) is 6.61 Å². The molecule has 4 fully saturated rings. The molecule has 0 amide bonds. The Labute approximate surface area is 209 Å². The maximum atomic E-state index is 10.8. The maximum absolute atomic E-state index is 10.8. The van der Waals surface area contributed by atoms with Crippen molar-refractivity contribution in [1.29, 1.82) is 0 Å². The van der Waals surface area contributed by atoms with Gasteiger partial charge < -0.3 is 84.2 Å². The molecule has 0 aromatic heterocycles. The van der Waals surface area contributed by atoms with Crippen LogP contribution in [-0.4, -0.2) is 176 Å². The largest absolute Gasteiger partial charge is 0.388 e. The zero-order valence-electron chi connectivity index (χ0n) is 19.4. The third-order valence-corrected chi connectivity index (χ3v) is 6.63. The molecule has 0 aromatic carbocycles. The van der Waals surface area contributed by atoms with Gasteiger partial charge in [0.25, 0.3) is 0 Å². The zero-order valence-corrected chi connectivity index (χ0v) is 19.4. The first kappa shape index (κ1) is 29.3. The fourth-order valence-corrected chi connectivity index (χ4v) is 4.38. The minimum Gasteiger partial charge on any atom is -0.388 e. The molecule has 1 unspecified atom stereocenters. The summed E-state index contributed by atoms with van der Waals surface area (Å²) in [6.07, 6.45) is -25.1. The Hall–Kier alpha value is -0.680. The van der Waals surface area contributed by atoms with Crippen LogP contribution in [0.4, 0.5) is 0 Å². The van der Waals surface area contributed by atoms with E-state index in [2.05, 4.69) is 0 Å². The minimum absolute atomic E-state index is 0.365. The van der Waals surface area contributed by atoms with E-state index in [0.29, 0.717) is 0 Å². The van der Waals surface area contributed by atoms with Crippen LogP contribution in [0.25, 0.3) is 0 Å². The van der Waals surface area contributed by atoms with Gasteiger partial charge in [-0.1, -0.05) is 0 Å². The van der Waals surface area contributed by atoms with Gasteiger partial charge in [0.05, 0.1) is 26.4 Å². The highest BCUT2D eigenvalue weighted by atomic mass is 16.8. The molecule has 0 saturated carbocycles. The van der Waals surface area contributed by atoms with Crippen molar-refractivity contribution in [3.05, 3.63) is 0 Å². The van der Waals surface area contributed by atoms with Gasteiger partial charge in [0.2, 0.25) is 0 Å². The predicted molar refractivity (Wildman–Crippen MR) is 110 cm³/mol. The van der Waals surface area contributed by atoms with Crippen LogP contribution in [0.3, 0.4) is 0 Å². The summed E-state index contributed by atoms with van der Waals surface area (Å²) in [6.45, 7) is -1.65. The van der Waals surface area contributed by atoms with Gasteiger partial charge >= 0.3 is 0 Å². The van der Waals surface area contributed by atoms with E-state index < -0.39 is 118 Å². The van der Waals surface area contributed by atoms with Crippen molar-refractivity contribution in [1.82, 2.24) is 0 Å². The third-order valence-electron chi connectivity index (χ3n) is 6.63. The quantitative estimate of drug-likeness (QED) is 0.148. The standard InChI is InChI=1S/C20H34O17/c21-5-2-32-18(12(28)9(5)25)35-14-8(24)4-33-19(13(14)29)37-16-11(27)7(23)3-34-20(16)36-15-10(26)6(22)1-31-17(15)30/h5-30H,1-4H2/t5-,6-,7-,8-,9-,10-,11-,12+,13+,14-,15+,16+,17?,18-,19+,20+/m0/s1. The normalized spacial score (nSPS) is 53.7. The molecule has 16 atom stereocenters. The van der Waals surface area contributed by atoms with Crippen molar-refractivity contribution in [3.8, 4) is 0 Å². The minimum atomic E-state index is -1.79. The smallest absolute Gasteiger partial charge is 0.187 e. The summed E-state index contributed by atoms with van der Waals surface area (Å²) in [7, 11) is 0. The summed E-state index contributed by atoms with van der Waals surface area (Å²) < 4.78 is 37.3. The molecule has 17 nitrogen and oxygen atoms in total. The van der Waals surface area contributed by atoms with Crippen LogP contribution in [0.2, 0.25) is 0 Å². The summed E-state index contributed by atoms with van der Waals surface area (Å²) in [4.78, 5) is 0. The molecular weight excluding hydrogens is 512 g/mol. The van der Waals surface area contributed by atoms with Crippen molar-refractivity contribution in [2.24, 2.45) is 0 Å². The SMILES string of the molecule is OC1OC[C@H](O)[C@H](O)[C@H]1O[C@H]1OC[C@H](O)[C@H](O)[C@H]1O[C@H]1OC[C@H](O)[C@H](O[C@@H]2OC[C@H](O)[C@H](O)[C@H]2O)[C@H]1O. The molecule has 4 heterocycles. The topological polar surface area (TPSA) is 267 Å². The van der Waals surface area contributed by atoms with Crippen molar-refractivity contribution in [3.63, 3.8) is 0 Å². The van der Waals surface area contributed by atoms with Gasteiger partial charge in [0.1, 0.15) is 73.2 Å². The van der Waals surface area contributed by atoms with E-state index in [1.165, 1.54) is 0 Å². The number of aliphatic hydroxyl groups excluding tert-OH is 10. The summed E-state index contributed by atoms with van der Waals surface area (Å²) in [5.74, 6) is 0. The Kier molecular flexibility index (Phi) is 9.69. The average molecular weight is 546 g/mol. The maximum Gasteiger partial charge on any atom is 0.187 e. The van der Waals surface area contributed by atoms with Crippen LogP contribution in [0, 0.1) is 0 Å². The summed E-state index contributed by atoms with van der Waals surface area (Å²) >= 11 is 0. The molecule has 0 radical (unpaired) electrons. The highest BCUT2D eigenvalue weighted by molar-refractivity contribution is 4.92. The van der Waals surface area contributed by atoms with Crippen LogP contribution < -0.4 is 0 Å². The molecule has 216 valence electrons. The molecule has 4 saturated heterocycles. The lowest BCUT2D eigenvalue weighted by atomic mass is 10.0. The van der Waals surface area contributed by atoms with Crippen LogP contribution in [-0.2, 0) is 33.2 Å². The monoisotopic (exact) mass is 546 g/mol. The predicted octanol–water partition coefficient (Wildman–Crippen LogP) is -7.19. The van der Waals surface area contributed by atoms with Crippen LogP contribution >= 0.6 is 0 Å². The van der Waals surface area contributed by atoms with Crippen LogP contribution in [0.15, 0.2) is 0 Å². The first-order valence-corrected chi connectivity index (χ1v) is 11.7. The first-order chi connectivity index (χ1) is 17.5. The summed E-state index contributed by atoms with van der Waals surface area (Å²) in [5.41, 5.74) is 0. The molecule has 4 aliphatic heterocycles. The lowest BCUT2D eigenvalue weighted by molar-refractivity contribution is -0.377. The number of rotatable bonds is 6. The van der Waals surface area contributed by atoms with Gasteiger partial charge in [-0.3, -0.25) is 0 Å². The third kappa shape index (κ3) is 6.23. The Morgan fingerprint density at radius 2 is 0.811 bits per heavy atom. The molecule has 0 spiro atoms. The highest BCUT2D eigenvalue weighted by Crippen LogP contribution is 2.30. The molecule has 4 rings (SSSR count). The fraction of sp³-hybridized carbons (Fsp3) is 1.00. The summed E-state index contributed by atoms with van der Waals surface area (Å²) in [6, 6.07) is 0. The first-order valence-electron chi connectivity index (χ1n) is 11.7. The van der Waals surface area contributed by atoms with E-state index in [0.717, 1.165) is 0 Å². The van der Waals surface area contributed by atoms with Gasteiger partial charge in [-0.15, -0.1) is 0 Å². The number of ether oxygens (including phenoxy) is 7. The fourth-order valence-electron chi connectivity index (χ4n) is 4.38. The lowest BCUT2D eigenvalue weighted by Crippen LogP contribution is -2.64. The van der Waals surface area contributed by atoms with Crippen LogP contribution in [0.1, 0.15) is 0 Å². The van der Waals surface area contributed by atoms with Gasteiger partial charge in [0.15, 0.2) is 25.2 Å². The zero-order chi connectivity index (χ0) is 27.0. The second-order valence-electron chi connectivity index (χ2n) is 9.35. The Morgan fingerprint density at radius 3 is 1.46 bits per heavy atom. The van der Waals surface area contributed by atoms with Crippen molar-refractivity contribution in [2.75, 3.05) is 26.4 Å². The second kappa shape index (κ2) is 12.2. The molecule has 0 bridgehead atoms. The van der Waals surface area contributed by atoms with Crippen LogP contribution in [0.5, 0.6) is 0 Å². The summed E-state index contributed by atoms with van der Waals surface area (Å²) in [5, 5.41) is 101. The van der Waals surface area contributed by atoms with Gasteiger partial charge in [-0.05, 0) is 0 Å². The molecular formula is C20H34O17. The Balaban J connectivity index is 1.45. The average Bonchev–Trinajstić information content (AvgIpc) is 2.87. The Morgan fingerprint density at radius 1 is 0.378 bits per heavy atom. The Bertz CT molecular complexity index is 731. The van der Waals surface area contributed by atoms with Crippen molar-refractivity contribution < 1.29 is 84.2 Å². The van der Waals surface area contributed by atoms with Crippen molar-refractivity contribution >= 4 is 0 Å². The lowest BCUT2D eigenvalue weighted by Gasteiger charge is -2.46. The molecule has 37 heavy (non-hydrogen) atoms. The number of hydrogen-bond acceptors (Lipinski definition) is 17. The van der Waals surface area contributed by atoms with E-state index in [4.69, 9.17) is 33.2 Å².